The van der Waals surface area contributed by atoms with E-state index in [4.69, 9.17) is 9.47 Å². The van der Waals surface area contributed by atoms with Crippen LogP contribution >= 0.6 is 0 Å². The number of nitro benzene ring substituents is 1. The molecule has 100 valence electrons. The highest BCUT2D eigenvalue weighted by molar-refractivity contribution is 6.03. The van der Waals surface area contributed by atoms with Crippen molar-refractivity contribution in [1.29, 1.82) is 0 Å². The Balaban J connectivity index is 2.29. The Morgan fingerprint density at radius 3 is 2.80 bits per heavy atom. The minimum Gasteiger partial charge on any atom is -0.460 e. The van der Waals surface area contributed by atoms with Crippen LogP contribution in [0.3, 0.4) is 0 Å². The second kappa shape index (κ2) is 4.34. The van der Waals surface area contributed by atoms with Crippen LogP contribution in [-0.4, -0.2) is 10.9 Å². The maximum Gasteiger partial charge on any atom is 0.308 e. The smallest absolute Gasteiger partial charge is 0.308 e. The van der Waals surface area contributed by atoms with Gasteiger partial charge in [0, 0.05) is 23.9 Å². The number of benzene rings is 2. The minimum absolute atomic E-state index is 0.0155. The molecule has 0 aromatic heterocycles. The van der Waals surface area contributed by atoms with Gasteiger partial charge >= 0.3 is 5.97 Å². The summed E-state index contributed by atoms with van der Waals surface area (Å²) in [6, 6.07) is 7.97. The standard InChI is InChI=1S/C14H9NO5/c1-8(16)20-13-7-19-12-6-5-11(15(17)18)9-3-2-4-10(13)14(9)12/h2-7H,1H3. The lowest BCUT2D eigenvalue weighted by Crippen LogP contribution is -2.05. The molecular weight excluding hydrogens is 262 g/mol. The van der Waals surface area contributed by atoms with Crippen molar-refractivity contribution in [2.75, 3.05) is 0 Å². The van der Waals surface area contributed by atoms with Crippen LogP contribution in [-0.2, 0) is 9.53 Å². The van der Waals surface area contributed by atoms with Crippen LogP contribution in [0.2, 0.25) is 0 Å². The zero-order valence-electron chi connectivity index (χ0n) is 10.5. The first-order chi connectivity index (χ1) is 9.58. The number of hydrogen-bond donors (Lipinski definition) is 0. The predicted molar refractivity (Wildman–Crippen MR) is 71.0 cm³/mol. The number of carbonyl (C=O) groups is 1. The van der Waals surface area contributed by atoms with Crippen LogP contribution in [0.5, 0.6) is 5.75 Å². The monoisotopic (exact) mass is 271 g/mol. The van der Waals surface area contributed by atoms with E-state index >= 15 is 0 Å². The van der Waals surface area contributed by atoms with Gasteiger partial charge in [0.05, 0.1) is 10.3 Å². The molecular formula is C14H9NO5. The van der Waals surface area contributed by atoms with Crippen LogP contribution in [0, 0.1) is 10.1 Å². The molecule has 0 saturated heterocycles. The van der Waals surface area contributed by atoms with Crippen molar-refractivity contribution in [2.24, 2.45) is 0 Å². The highest BCUT2D eigenvalue weighted by Gasteiger charge is 2.23. The van der Waals surface area contributed by atoms with E-state index in [2.05, 4.69) is 0 Å². The topological polar surface area (TPSA) is 78.7 Å². The lowest BCUT2D eigenvalue weighted by atomic mass is 10.00. The van der Waals surface area contributed by atoms with Crippen molar-refractivity contribution in [1.82, 2.24) is 0 Å². The Morgan fingerprint density at radius 1 is 1.30 bits per heavy atom. The summed E-state index contributed by atoms with van der Waals surface area (Å²) in [6.07, 6.45) is 1.32. The van der Waals surface area contributed by atoms with Crippen molar-refractivity contribution >= 4 is 28.2 Å². The number of nitro groups is 1. The highest BCUT2D eigenvalue weighted by atomic mass is 16.6. The summed E-state index contributed by atoms with van der Waals surface area (Å²) in [7, 11) is 0. The molecule has 20 heavy (non-hydrogen) atoms. The second-order valence-electron chi connectivity index (χ2n) is 4.26. The van der Waals surface area contributed by atoms with E-state index in [-0.39, 0.29) is 11.4 Å². The minimum atomic E-state index is -0.481. The van der Waals surface area contributed by atoms with Crippen LogP contribution in [0.4, 0.5) is 5.69 Å². The van der Waals surface area contributed by atoms with Crippen molar-refractivity contribution in [3.8, 4) is 5.75 Å². The molecule has 1 aliphatic rings. The third-order valence-corrected chi connectivity index (χ3v) is 2.99. The van der Waals surface area contributed by atoms with Crippen molar-refractivity contribution in [3.05, 3.63) is 52.3 Å². The molecule has 0 spiro atoms. The van der Waals surface area contributed by atoms with Crippen molar-refractivity contribution in [3.63, 3.8) is 0 Å². The number of ether oxygens (including phenoxy) is 2. The zero-order chi connectivity index (χ0) is 14.3. The highest BCUT2D eigenvalue weighted by Crippen LogP contribution is 2.40. The number of hydrogen-bond acceptors (Lipinski definition) is 5. The molecule has 0 amide bonds. The van der Waals surface area contributed by atoms with Gasteiger partial charge in [0.25, 0.3) is 5.69 Å². The molecule has 6 heteroatoms. The van der Waals surface area contributed by atoms with E-state index in [0.717, 1.165) is 0 Å². The van der Waals surface area contributed by atoms with Gasteiger partial charge in [0.2, 0.25) is 0 Å². The number of carbonyl (C=O) groups excluding carboxylic acids is 1. The Bertz CT molecular complexity index is 778. The Kier molecular flexibility index (Phi) is 2.64. The van der Waals surface area contributed by atoms with E-state index < -0.39 is 10.9 Å². The van der Waals surface area contributed by atoms with Gasteiger partial charge in [-0.15, -0.1) is 0 Å². The number of esters is 1. The molecule has 0 radical (unpaired) electrons. The lowest BCUT2D eigenvalue weighted by molar-refractivity contribution is -0.383. The molecule has 3 rings (SSSR count). The molecule has 6 nitrogen and oxygen atoms in total. The molecule has 0 aliphatic carbocycles. The number of nitrogens with zero attached hydrogens (tertiary/aromatic N) is 1. The fraction of sp³-hybridized carbons (Fsp3) is 0.0714. The first-order valence-electron chi connectivity index (χ1n) is 5.83. The summed E-state index contributed by atoms with van der Waals surface area (Å²) in [6.45, 7) is 1.28. The van der Waals surface area contributed by atoms with E-state index in [9.17, 15) is 14.9 Å². The van der Waals surface area contributed by atoms with Crippen LogP contribution in [0.1, 0.15) is 12.5 Å². The van der Waals surface area contributed by atoms with E-state index in [1.165, 1.54) is 25.3 Å². The number of rotatable bonds is 2. The molecule has 0 saturated carbocycles. The fourth-order valence-electron chi connectivity index (χ4n) is 2.24. The molecule has 0 atom stereocenters. The first-order valence-corrected chi connectivity index (χ1v) is 5.83. The van der Waals surface area contributed by atoms with Gasteiger partial charge in [0.1, 0.15) is 12.0 Å². The molecule has 0 bridgehead atoms. The maximum absolute atomic E-state index is 11.1. The SMILES string of the molecule is CC(=O)OC1=COc2ccc([N+](=O)[O-])c3cccc1c23. The molecule has 0 fully saturated rings. The zero-order valence-corrected chi connectivity index (χ0v) is 10.5. The largest absolute Gasteiger partial charge is 0.460 e. The predicted octanol–water partition coefficient (Wildman–Crippen LogP) is 3.00. The molecule has 1 heterocycles. The van der Waals surface area contributed by atoms with Gasteiger partial charge in [-0.25, -0.2) is 0 Å². The van der Waals surface area contributed by atoms with Crippen molar-refractivity contribution in [2.45, 2.75) is 6.92 Å². The van der Waals surface area contributed by atoms with Gasteiger partial charge in [-0.3, -0.25) is 14.9 Å². The molecule has 2 aromatic carbocycles. The maximum atomic E-state index is 11.1. The van der Waals surface area contributed by atoms with E-state index in [0.29, 0.717) is 22.1 Å². The normalized spacial score (nSPS) is 12.6. The Morgan fingerprint density at radius 2 is 2.10 bits per heavy atom. The quantitative estimate of drug-likeness (QED) is 0.476. The molecule has 0 unspecified atom stereocenters. The van der Waals surface area contributed by atoms with Crippen LogP contribution < -0.4 is 4.74 Å². The summed E-state index contributed by atoms with van der Waals surface area (Å²) in [5, 5.41) is 12.1. The average molecular weight is 271 g/mol. The third kappa shape index (κ3) is 1.78. The molecule has 2 aromatic rings. The van der Waals surface area contributed by atoms with E-state index in [1.54, 1.807) is 18.2 Å². The fourth-order valence-corrected chi connectivity index (χ4v) is 2.24. The van der Waals surface area contributed by atoms with E-state index in [1.807, 2.05) is 0 Å². The third-order valence-electron chi connectivity index (χ3n) is 2.99. The van der Waals surface area contributed by atoms with Crippen molar-refractivity contribution < 1.29 is 19.2 Å². The van der Waals surface area contributed by atoms with Crippen LogP contribution in [0.15, 0.2) is 36.6 Å². The number of non-ortho nitro benzene ring substituents is 1. The molecule has 0 N–H and O–H groups in total. The van der Waals surface area contributed by atoms with Gasteiger partial charge in [-0.2, -0.15) is 0 Å². The Hall–Kier alpha value is -2.89. The summed E-state index contributed by atoms with van der Waals surface area (Å²) < 4.78 is 10.4. The average Bonchev–Trinajstić information content (AvgIpc) is 2.41. The lowest BCUT2D eigenvalue weighted by Gasteiger charge is -2.17. The van der Waals surface area contributed by atoms with Gasteiger partial charge in [-0.05, 0) is 12.1 Å². The summed E-state index contributed by atoms with van der Waals surface area (Å²) in [5.74, 6) is 0.263. The Labute approximate surface area is 113 Å². The van der Waals surface area contributed by atoms with Gasteiger partial charge in [-0.1, -0.05) is 12.1 Å². The second-order valence-corrected chi connectivity index (χ2v) is 4.26. The first kappa shape index (κ1) is 12.2. The summed E-state index contributed by atoms with van der Waals surface area (Å²) in [5.41, 5.74) is 0.584. The van der Waals surface area contributed by atoms with Gasteiger partial charge in [0.15, 0.2) is 5.76 Å². The molecule has 1 aliphatic heterocycles. The van der Waals surface area contributed by atoms with Gasteiger partial charge < -0.3 is 9.47 Å². The summed E-state index contributed by atoms with van der Waals surface area (Å²) in [4.78, 5) is 21.7. The summed E-state index contributed by atoms with van der Waals surface area (Å²) >= 11 is 0. The van der Waals surface area contributed by atoms with Crippen LogP contribution in [0.25, 0.3) is 16.5 Å².